The number of rotatable bonds is 8. The van der Waals surface area contributed by atoms with E-state index < -0.39 is 0 Å². The summed E-state index contributed by atoms with van der Waals surface area (Å²) in [4.78, 5) is 0. The standard InChI is InChI=1S/C25H35NO2/c1-6-25(7-2)17-22(21-11-9-10-12-23(21)28-25)24(26-8-3)27-20-15-13-19(14-16-20)18(4)5/h9-16,18,22,24,26H,6-8,17H2,1-5H3. The number of hydrogen-bond donors (Lipinski definition) is 1. The van der Waals surface area contributed by atoms with Crippen molar-refractivity contribution in [2.45, 2.75) is 77.5 Å². The first kappa shape index (κ1) is 20.7. The maximum absolute atomic E-state index is 6.50. The monoisotopic (exact) mass is 381 g/mol. The Morgan fingerprint density at radius 1 is 1.04 bits per heavy atom. The van der Waals surface area contributed by atoms with Crippen molar-refractivity contribution < 1.29 is 9.47 Å². The van der Waals surface area contributed by atoms with Gasteiger partial charge in [0.15, 0.2) is 6.23 Å². The zero-order chi connectivity index (χ0) is 20.1. The third-order valence-electron chi connectivity index (χ3n) is 6.11. The Morgan fingerprint density at radius 2 is 1.71 bits per heavy atom. The number of fused-ring (bicyclic) bond motifs is 1. The fourth-order valence-electron chi connectivity index (χ4n) is 4.16. The number of para-hydroxylation sites is 1. The summed E-state index contributed by atoms with van der Waals surface area (Å²) in [5.41, 5.74) is 2.45. The van der Waals surface area contributed by atoms with Crippen LogP contribution < -0.4 is 14.8 Å². The largest absolute Gasteiger partial charge is 0.487 e. The molecule has 2 unspecified atom stereocenters. The molecule has 0 saturated heterocycles. The van der Waals surface area contributed by atoms with E-state index in [2.05, 4.69) is 88.5 Å². The van der Waals surface area contributed by atoms with Crippen LogP contribution in [0.5, 0.6) is 11.5 Å². The van der Waals surface area contributed by atoms with Gasteiger partial charge in [-0.3, -0.25) is 5.32 Å². The first-order valence-electron chi connectivity index (χ1n) is 10.8. The second-order valence-electron chi connectivity index (χ2n) is 8.16. The lowest BCUT2D eigenvalue weighted by Crippen LogP contribution is -2.48. The van der Waals surface area contributed by atoms with Gasteiger partial charge in [-0.2, -0.15) is 0 Å². The molecule has 3 rings (SSSR count). The number of benzene rings is 2. The van der Waals surface area contributed by atoms with Gasteiger partial charge in [0.2, 0.25) is 0 Å². The van der Waals surface area contributed by atoms with Crippen LogP contribution in [0.2, 0.25) is 0 Å². The van der Waals surface area contributed by atoms with E-state index in [4.69, 9.17) is 9.47 Å². The summed E-state index contributed by atoms with van der Waals surface area (Å²) in [6.45, 7) is 11.9. The van der Waals surface area contributed by atoms with E-state index in [-0.39, 0.29) is 17.7 Å². The fourth-order valence-corrected chi connectivity index (χ4v) is 4.16. The molecule has 0 aliphatic carbocycles. The van der Waals surface area contributed by atoms with Gasteiger partial charge >= 0.3 is 0 Å². The molecule has 1 aliphatic rings. The Kier molecular flexibility index (Phi) is 6.66. The van der Waals surface area contributed by atoms with Gasteiger partial charge in [-0.1, -0.05) is 65.0 Å². The Morgan fingerprint density at radius 3 is 2.32 bits per heavy atom. The van der Waals surface area contributed by atoms with Crippen molar-refractivity contribution in [3.05, 3.63) is 59.7 Å². The smallest absolute Gasteiger partial charge is 0.157 e. The number of hydrogen-bond acceptors (Lipinski definition) is 3. The van der Waals surface area contributed by atoms with Crippen molar-refractivity contribution in [3.8, 4) is 11.5 Å². The van der Waals surface area contributed by atoms with Gasteiger partial charge in [0.25, 0.3) is 0 Å². The molecule has 1 N–H and O–H groups in total. The molecule has 1 heterocycles. The Bertz CT molecular complexity index is 749. The average Bonchev–Trinajstić information content (AvgIpc) is 2.73. The van der Waals surface area contributed by atoms with Gasteiger partial charge in [0.1, 0.15) is 17.1 Å². The van der Waals surface area contributed by atoms with Crippen molar-refractivity contribution in [1.29, 1.82) is 0 Å². The molecule has 2 aromatic rings. The molecule has 0 aromatic heterocycles. The van der Waals surface area contributed by atoms with Crippen molar-refractivity contribution in [2.24, 2.45) is 0 Å². The normalized spacial score (nSPS) is 19.0. The molecule has 1 aliphatic heterocycles. The summed E-state index contributed by atoms with van der Waals surface area (Å²) in [6.07, 6.45) is 2.86. The van der Waals surface area contributed by atoms with Gasteiger partial charge in [-0.15, -0.1) is 0 Å². The molecule has 28 heavy (non-hydrogen) atoms. The van der Waals surface area contributed by atoms with E-state index in [1.807, 2.05) is 0 Å². The molecule has 152 valence electrons. The van der Waals surface area contributed by atoms with Crippen LogP contribution in [0.15, 0.2) is 48.5 Å². The Labute approximate surface area is 170 Å². The zero-order valence-electron chi connectivity index (χ0n) is 18.0. The van der Waals surface area contributed by atoms with Crippen LogP contribution >= 0.6 is 0 Å². The summed E-state index contributed by atoms with van der Waals surface area (Å²) in [5, 5.41) is 3.59. The second-order valence-corrected chi connectivity index (χ2v) is 8.16. The minimum Gasteiger partial charge on any atom is -0.487 e. The van der Waals surface area contributed by atoms with E-state index in [1.54, 1.807) is 0 Å². The molecular weight excluding hydrogens is 346 g/mol. The summed E-state index contributed by atoms with van der Waals surface area (Å²) < 4.78 is 13.0. The second kappa shape index (κ2) is 9.00. The third kappa shape index (κ3) is 4.35. The lowest BCUT2D eigenvalue weighted by Gasteiger charge is -2.43. The van der Waals surface area contributed by atoms with Gasteiger partial charge in [-0.25, -0.2) is 0 Å². The van der Waals surface area contributed by atoms with Gasteiger partial charge < -0.3 is 9.47 Å². The minimum absolute atomic E-state index is 0.0857. The van der Waals surface area contributed by atoms with Crippen LogP contribution in [0.3, 0.4) is 0 Å². The molecular formula is C25H35NO2. The molecule has 0 saturated carbocycles. The number of ether oxygens (including phenoxy) is 2. The van der Waals surface area contributed by atoms with E-state index in [1.165, 1.54) is 11.1 Å². The summed E-state index contributed by atoms with van der Waals surface area (Å²) in [7, 11) is 0. The molecule has 0 fully saturated rings. The number of likely N-dealkylation sites (N-methyl/N-ethyl adjacent to an activating group) is 1. The highest BCUT2D eigenvalue weighted by atomic mass is 16.5. The van der Waals surface area contributed by atoms with Crippen LogP contribution in [-0.4, -0.2) is 18.4 Å². The van der Waals surface area contributed by atoms with Crippen molar-refractivity contribution >= 4 is 0 Å². The average molecular weight is 382 g/mol. The molecule has 0 spiro atoms. The predicted molar refractivity (Wildman–Crippen MR) is 116 cm³/mol. The summed E-state index contributed by atoms with van der Waals surface area (Å²) in [6, 6.07) is 17.0. The lowest BCUT2D eigenvalue weighted by atomic mass is 9.78. The van der Waals surface area contributed by atoms with Gasteiger partial charge in [-0.05, 0) is 55.5 Å². The van der Waals surface area contributed by atoms with Crippen molar-refractivity contribution in [3.63, 3.8) is 0 Å². The highest BCUT2D eigenvalue weighted by molar-refractivity contribution is 5.40. The SMILES string of the molecule is CCNC(Oc1ccc(C(C)C)cc1)C1CC(CC)(CC)Oc2ccccc21. The molecule has 0 amide bonds. The molecule has 0 radical (unpaired) electrons. The van der Waals surface area contributed by atoms with E-state index >= 15 is 0 Å². The van der Waals surface area contributed by atoms with Crippen LogP contribution in [0.25, 0.3) is 0 Å². The molecule has 3 heteroatoms. The van der Waals surface area contributed by atoms with Crippen LogP contribution in [0.1, 0.15) is 76.8 Å². The first-order chi connectivity index (χ1) is 13.5. The Hall–Kier alpha value is -2.00. The van der Waals surface area contributed by atoms with E-state index in [0.717, 1.165) is 37.3 Å². The van der Waals surface area contributed by atoms with Crippen molar-refractivity contribution in [2.75, 3.05) is 6.54 Å². The topological polar surface area (TPSA) is 30.5 Å². The first-order valence-corrected chi connectivity index (χ1v) is 10.8. The Balaban J connectivity index is 1.91. The lowest BCUT2D eigenvalue weighted by molar-refractivity contribution is 0.000888. The van der Waals surface area contributed by atoms with Gasteiger partial charge in [0.05, 0.1) is 0 Å². The molecule has 2 atom stereocenters. The highest BCUT2D eigenvalue weighted by Gasteiger charge is 2.42. The zero-order valence-corrected chi connectivity index (χ0v) is 18.0. The van der Waals surface area contributed by atoms with E-state index in [9.17, 15) is 0 Å². The predicted octanol–water partition coefficient (Wildman–Crippen LogP) is 6.25. The maximum atomic E-state index is 6.50. The quantitative estimate of drug-likeness (QED) is 0.548. The van der Waals surface area contributed by atoms with E-state index in [0.29, 0.717) is 5.92 Å². The summed E-state index contributed by atoms with van der Waals surface area (Å²) in [5.74, 6) is 2.69. The van der Waals surface area contributed by atoms with Crippen LogP contribution in [0, 0.1) is 0 Å². The molecule has 3 nitrogen and oxygen atoms in total. The van der Waals surface area contributed by atoms with Gasteiger partial charge in [0, 0.05) is 11.5 Å². The number of nitrogens with one attached hydrogen (secondary N) is 1. The summed E-state index contributed by atoms with van der Waals surface area (Å²) >= 11 is 0. The van der Waals surface area contributed by atoms with Crippen LogP contribution in [-0.2, 0) is 0 Å². The maximum Gasteiger partial charge on any atom is 0.157 e. The molecule has 2 aromatic carbocycles. The van der Waals surface area contributed by atoms with Crippen LogP contribution in [0.4, 0.5) is 0 Å². The fraction of sp³-hybridized carbons (Fsp3) is 0.520. The molecule has 0 bridgehead atoms. The van der Waals surface area contributed by atoms with Crippen molar-refractivity contribution in [1.82, 2.24) is 5.32 Å². The third-order valence-corrected chi connectivity index (χ3v) is 6.11. The minimum atomic E-state index is -0.127. The highest BCUT2D eigenvalue weighted by Crippen LogP contribution is 2.45.